The zero-order valence-electron chi connectivity index (χ0n) is 12.6. The lowest BCUT2D eigenvalue weighted by Gasteiger charge is -2.16. The van der Waals surface area contributed by atoms with E-state index in [4.69, 9.17) is 4.74 Å². The average molecular weight is 264 g/mol. The smallest absolute Gasteiger partial charge is 0.0775 e. The minimum atomic E-state index is -1.15. The van der Waals surface area contributed by atoms with Crippen molar-refractivity contribution in [3.63, 3.8) is 0 Å². The van der Waals surface area contributed by atoms with E-state index in [0.717, 1.165) is 19.1 Å². The van der Waals surface area contributed by atoms with Crippen molar-refractivity contribution >= 4 is 13.3 Å². The van der Waals surface area contributed by atoms with Gasteiger partial charge in [0.15, 0.2) is 0 Å². The molecule has 0 radical (unpaired) electrons. The Balaban J connectivity index is 2.31. The van der Waals surface area contributed by atoms with Crippen LogP contribution in [0.2, 0.25) is 19.6 Å². The van der Waals surface area contributed by atoms with E-state index in [-0.39, 0.29) is 0 Å². The molecule has 1 aromatic rings. The fraction of sp³-hybridized carbons (Fsp3) is 0.625. The molecule has 1 aromatic carbocycles. The van der Waals surface area contributed by atoms with Crippen LogP contribution in [-0.4, -0.2) is 14.7 Å². The van der Waals surface area contributed by atoms with Crippen LogP contribution in [0, 0.1) is 5.92 Å². The van der Waals surface area contributed by atoms with Crippen molar-refractivity contribution in [2.75, 3.05) is 6.61 Å². The fourth-order valence-corrected chi connectivity index (χ4v) is 3.05. The lowest BCUT2D eigenvalue weighted by molar-refractivity contribution is 0.115. The summed E-state index contributed by atoms with van der Waals surface area (Å²) < 4.78 is 5.71. The van der Waals surface area contributed by atoms with E-state index in [1.165, 1.54) is 23.6 Å². The van der Waals surface area contributed by atoms with E-state index in [1.54, 1.807) is 0 Å². The highest BCUT2D eigenvalue weighted by Gasteiger charge is 2.15. The fourth-order valence-electron chi connectivity index (χ4n) is 1.88. The second-order valence-corrected chi connectivity index (χ2v) is 11.6. The van der Waals surface area contributed by atoms with Crippen molar-refractivity contribution in [3.8, 4) is 0 Å². The van der Waals surface area contributed by atoms with Crippen molar-refractivity contribution in [2.45, 2.75) is 52.9 Å². The molecule has 18 heavy (non-hydrogen) atoms. The molecular formula is C16H28OSi. The molecule has 0 aliphatic carbocycles. The van der Waals surface area contributed by atoms with E-state index < -0.39 is 8.07 Å². The number of hydrogen-bond acceptors (Lipinski definition) is 1. The molecular weight excluding hydrogens is 236 g/mol. The average Bonchev–Trinajstić information content (AvgIpc) is 2.27. The molecule has 1 nitrogen and oxygen atoms in total. The summed E-state index contributed by atoms with van der Waals surface area (Å²) in [6.45, 7) is 13.3. The minimum Gasteiger partial charge on any atom is -0.377 e. The first kappa shape index (κ1) is 15.5. The molecule has 0 fully saturated rings. The maximum Gasteiger partial charge on any atom is 0.0775 e. The molecule has 2 heteroatoms. The van der Waals surface area contributed by atoms with Gasteiger partial charge < -0.3 is 4.74 Å². The Morgan fingerprint density at radius 3 is 2.17 bits per heavy atom. The number of ether oxygens (including phenoxy) is 1. The zero-order valence-corrected chi connectivity index (χ0v) is 13.6. The first-order valence-corrected chi connectivity index (χ1v) is 10.6. The summed E-state index contributed by atoms with van der Waals surface area (Å²) in [7, 11) is -1.15. The van der Waals surface area contributed by atoms with Crippen molar-refractivity contribution in [1.29, 1.82) is 0 Å². The molecule has 0 aromatic heterocycles. The second kappa shape index (κ2) is 7.10. The molecule has 0 saturated heterocycles. The van der Waals surface area contributed by atoms with Gasteiger partial charge in [0.25, 0.3) is 0 Å². The highest BCUT2D eigenvalue weighted by Crippen LogP contribution is 2.07. The third-order valence-corrected chi connectivity index (χ3v) is 5.22. The summed E-state index contributed by atoms with van der Waals surface area (Å²) in [5, 5.41) is 1.52. The highest BCUT2D eigenvalue weighted by atomic mass is 28.3. The Hall–Kier alpha value is -0.603. The van der Waals surface area contributed by atoms with E-state index in [2.05, 4.69) is 57.8 Å². The van der Waals surface area contributed by atoms with Gasteiger partial charge in [0.1, 0.15) is 0 Å². The van der Waals surface area contributed by atoms with Gasteiger partial charge in [-0.2, -0.15) is 0 Å². The molecule has 0 amide bonds. The Kier molecular flexibility index (Phi) is 6.10. The number of benzene rings is 1. The van der Waals surface area contributed by atoms with Gasteiger partial charge >= 0.3 is 0 Å². The monoisotopic (exact) mass is 264 g/mol. The predicted octanol–water partition coefficient (Wildman–Crippen LogP) is 4.18. The Morgan fingerprint density at radius 2 is 1.67 bits per heavy atom. The van der Waals surface area contributed by atoms with Gasteiger partial charge in [-0.05, 0) is 24.3 Å². The summed E-state index contributed by atoms with van der Waals surface area (Å²) in [5.41, 5.74) is 1.29. The number of hydrogen-bond donors (Lipinski definition) is 0. The second-order valence-electron chi connectivity index (χ2n) is 6.54. The van der Waals surface area contributed by atoms with Crippen LogP contribution in [0.15, 0.2) is 24.3 Å². The third kappa shape index (κ3) is 5.83. The van der Waals surface area contributed by atoms with Crippen LogP contribution in [0.4, 0.5) is 0 Å². The quantitative estimate of drug-likeness (QED) is 0.530. The van der Waals surface area contributed by atoms with Crippen molar-refractivity contribution < 1.29 is 4.74 Å². The standard InChI is InChI=1S/C16H28OSi/c1-14(2)7-6-12-17-13-15-8-10-16(11-9-15)18(3,4)5/h8-11,14H,6-7,12-13H2,1-5H3. The van der Waals surface area contributed by atoms with Crippen LogP contribution in [0.5, 0.6) is 0 Å². The van der Waals surface area contributed by atoms with E-state index in [1.807, 2.05) is 0 Å². The number of rotatable bonds is 7. The lowest BCUT2D eigenvalue weighted by Crippen LogP contribution is -2.37. The molecule has 0 aliphatic rings. The van der Waals surface area contributed by atoms with E-state index in [0.29, 0.717) is 0 Å². The largest absolute Gasteiger partial charge is 0.377 e. The van der Waals surface area contributed by atoms with Gasteiger partial charge in [0.2, 0.25) is 0 Å². The molecule has 0 spiro atoms. The van der Waals surface area contributed by atoms with Gasteiger partial charge in [-0.15, -0.1) is 0 Å². The first-order valence-electron chi connectivity index (χ1n) is 7.07. The van der Waals surface area contributed by atoms with Crippen LogP contribution in [0.1, 0.15) is 32.3 Å². The Bertz CT molecular complexity index is 335. The maximum atomic E-state index is 5.71. The van der Waals surface area contributed by atoms with Crippen LogP contribution in [0.25, 0.3) is 0 Å². The molecule has 0 bridgehead atoms. The third-order valence-electron chi connectivity index (χ3n) is 3.16. The van der Waals surface area contributed by atoms with Crippen LogP contribution < -0.4 is 5.19 Å². The Morgan fingerprint density at radius 1 is 1.06 bits per heavy atom. The van der Waals surface area contributed by atoms with Crippen molar-refractivity contribution in [1.82, 2.24) is 0 Å². The lowest BCUT2D eigenvalue weighted by atomic mass is 10.1. The normalized spacial score (nSPS) is 12.1. The summed E-state index contributed by atoms with van der Waals surface area (Å²) in [5.74, 6) is 0.782. The van der Waals surface area contributed by atoms with Gasteiger partial charge in [-0.25, -0.2) is 0 Å². The van der Waals surface area contributed by atoms with Gasteiger partial charge in [-0.1, -0.05) is 62.9 Å². The molecule has 0 saturated carbocycles. The molecule has 0 unspecified atom stereocenters. The molecule has 102 valence electrons. The SMILES string of the molecule is CC(C)CCCOCc1ccc([Si](C)(C)C)cc1. The summed E-state index contributed by atoms with van der Waals surface area (Å²) in [6.07, 6.45) is 2.43. The van der Waals surface area contributed by atoms with Gasteiger partial charge in [-0.3, -0.25) is 0 Å². The minimum absolute atomic E-state index is 0.754. The zero-order chi connectivity index (χ0) is 13.6. The van der Waals surface area contributed by atoms with Gasteiger partial charge in [0, 0.05) is 6.61 Å². The molecule has 0 atom stereocenters. The maximum absolute atomic E-state index is 5.71. The predicted molar refractivity (Wildman–Crippen MR) is 83.2 cm³/mol. The molecule has 0 N–H and O–H groups in total. The Labute approximate surface area is 114 Å². The van der Waals surface area contributed by atoms with Crippen LogP contribution in [0.3, 0.4) is 0 Å². The summed E-state index contributed by atoms with van der Waals surface area (Å²) in [4.78, 5) is 0. The van der Waals surface area contributed by atoms with E-state index in [9.17, 15) is 0 Å². The molecule has 1 rings (SSSR count). The molecule has 0 aliphatic heterocycles. The van der Waals surface area contributed by atoms with Crippen molar-refractivity contribution in [3.05, 3.63) is 29.8 Å². The van der Waals surface area contributed by atoms with Crippen LogP contribution in [-0.2, 0) is 11.3 Å². The topological polar surface area (TPSA) is 9.23 Å². The summed E-state index contributed by atoms with van der Waals surface area (Å²) >= 11 is 0. The highest BCUT2D eigenvalue weighted by molar-refractivity contribution is 6.88. The van der Waals surface area contributed by atoms with Gasteiger partial charge in [0.05, 0.1) is 14.7 Å². The van der Waals surface area contributed by atoms with Crippen LogP contribution >= 0.6 is 0 Å². The van der Waals surface area contributed by atoms with E-state index >= 15 is 0 Å². The molecule has 0 heterocycles. The first-order chi connectivity index (χ1) is 8.39. The van der Waals surface area contributed by atoms with Crippen molar-refractivity contribution in [2.24, 2.45) is 5.92 Å². The summed E-state index contributed by atoms with van der Waals surface area (Å²) in [6, 6.07) is 8.99.